The number of fused-ring (bicyclic) bond motifs is 2. The van der Waals surface area contributed by atoms with Crippen molar-refractivity contribution < 1.29 is 10.2 Å². The molecule has 3 aromatic rings. The van der Waals surface area contributed by atoms with Crippen molar-refractivity contribution in [2.24, 2.45) is 0 Å². The highest BCUT2D eigenvalue weighted by molar-refractivity contribution is 5.99. The molecule has 2 heteroatoms. The predicted molar refractivity (Wildman–Crippen MR) is 74.9 cm³/mol. The van der Waals surface area contributed by atoms with Gasteiger partial charge in [0, 0.05) is 10.4 Å². The lowest BCUT2D eigenvalue weighted by molar-refractivity contribution is 0.540. The van der Waals surface area contributed by atoms with E-state index in [-0.39, 0.29) is 0 Å². The molecular weight excluding hydrogens is 224 g/mol. The summed E-state index contributed by atoms with van der Waals surface area (Å²) in [6.45, 7) is 0. The van der Waals surface area contributed by atoms with E-state index in [1.165, 1.54) is 0 Å². The number of benzene rings is 3. The summed E-state index contributed by atoms with van der Waals surface area (Å²) < 4.78 is 0. The molecule has 2 nitrogen and oxygen atoms in total. The van der Waals surface area contributed by atoms with Gasteiger partial charge < -0.3 is 10.2 Å². The molecule has 3 rings (SSSR count). The molecule has 0 unspecified atom stereocenters. The maximum absolute atomic E-state index is 9.50. The summed E-state index contributed by atoms with van der Waals surface area (Å²) in [4.78, 5) is 0. The molecule has 18 heavy (non-hydrogen) atoms. The Balaban J connectivity index is 2.81. The zero-order valence-corrected chi connectivity index (χ0v) is 9.67. The third kappa shape index (κ3) is 1.36. The molecule has 0 radical (unpaired) electrons. The fourth-order valence-corrected chi connectivity index (χ4v) is 2.47. The molecule has 0 saturated heterocycles. The maximum Gasteiger partial charge on any atom is 0.0876 e. The van der Waals surface area contributed by atoms with Crippen molar-refractivity contribution in [1.82, 2.24) is 0 Å². The predicted octanol–water partition coefficient (Wildman–Crippen LogP) is 2.59. The highest BCUT2D eigenvalue weighted by Crippen LogP contribution is 2.13. The average Bonchev–Trinajstić information content (AvgIpc) is 2.44. The average molecular weight is 236 g/mol. The molecule has 0 aliphatic carbocycles. The van der Waals surface area contributed by atoms with E-state index < -0.39 is 0 Å². The summed E-state index contributed by atoms with van der Waals surface area (Å²) >= 11 is 0. The highest BCUT2D eigenvalue weighted by Gasteiger charge is 2.04. The Morgan fingerprint density at radius 3 is 1.06 bits per heavy atom. The number of aliphatic hydroxyl groups is 2. The van der Waals surface area contributed by atoms with Gasteiger partial charge in [0.1, 0.15) is 0 Å². The van der Waals surface area contributed by atoms with Gasteiger partial charge in [-0.15, -0.1) is 0 Å². The lowest BCUT2D eigenvalue weighted by atomic mass is 9.99. The summed E-state index contributed by atoms with van der Waals surface area (Å²) in [6.07, 6.45) is 2.26. The molecule has 88 valence electrons. The van der Waals surface area contributed by atoms with Gasteiger partial charge in [0.15, 0.2) is 0 Å². The molecule has 0 fully saturated rings. The monoisotopic (exact) mass is 236 g/mol. The Bertz CT molecular complexity index is 713. The van der Waals surface area contributed by atoms with Crippen molar-refractivity contribution in [1.29, 1.82) is 0 Å². The van der Waals surface area contributed by atoms with Crippen LogP contribution in [-0.4, -0.2) is 10.2 Å². The van der Waals surface area contributed by atoms with Crippen LogP contribution in [0.3, 0.4) is 0 Å². The van der Waals surface area contributed by atoms with Gasteiger partial charge in [-0.05, 0) is 21.5 Å². The second-order valence-electron chi connectivity index (χ2n) is 4.18. The summed E-state index contributed by atoms with van der Waals surface area (Å²) in [5.74, 6) is 0. The minimum Gasteiger partial charge on any atom is -0.515 e. The van der Waals surface area contributed by atoms with Crippen LogP contribution in [0.15, 0.2) is 48.5 Å². The molecule has 0 atom stereocenters. The van der Waals surface area contributed by atoms with E-state index in [1.807, 2.05) is 48.5 Å². The Morgan fingerprint density at radius 1 is 0.556 bits per heavy atom. The van der Waals surface area contributed by atoms with Crippen molar-refractivity contribution in [3.05, 3.63) is 59.0 Å². The normalized spacial score (nSPS) is 10.7. The van der Waals surface area contributed by atoms with E-state index in [4.69, 9.17) is 0 Å². The van der Waals surface area contributed by atoms with Gasteiger partial charge in [-0.25, -0.2) is 0 Å². The summed E-state index contributed by atoms with van der Waals surface area (Å²) in [7, 11) is 0. The van der Waals surface area contributed by atoms with Crippen LogP contribution in [0.5, 0.6) is 0 Å². The van der Waals surface area contributed by atoms with Crippen LogP contribution in [0, 0.1) is 0 Å². The SMILES string of the molecule is OC=c1c2ccccc2c(=CO)c2ccccc12. The zero-order valence-electron chi connectivity index (χ0n) is 9.67. The number of hydrogen-bond donors (Lipinski definition) is 2. The zero-order chi connectivity index (χ0) is 12.5. The van der Waals surface area contributed by atoms with Crippen molar-refractivity contribution in [2.45, 2.75) is 0 Å². The lowest BCUT2D eigenvalue weighted by Crippen LogP contribution is -2.14. The second kappa shape index (κ2) is 4.08. The minimum absolute atomic E-state index is 0.784. The lowest BCUT2D eigenvalue weighted by Gasteiger charge is -2.05. The van der Waals surface area contributed by atoms with E-state index in [2.05, 4.69) is 0 Å². The van der Waals surface area contributed by atoms with Gasteiger partial charge >= 0.3 is 0 Å². The fourth-order valence-electron chi connectivity index (χ4n) is 2.47. The van der Waals surface area contributed by atoms with Crippen LogP contribution >= 0.6 is 0 Å². The van der Waals surface area contributed by atoms with Crippen molar-refractivity contribution in [2.75, 3.05) is 0 Å². The number of hydrogen-bond acceptors (Lipinski definition) is 2. The molecule has 0 amide bonds. The molecule has 2 N–H and O–H groups in total. The van der Waals surface area contributed by atoms with E-state index in [1.54, 1.807) is 0 Å². The molecule has 0 spiro atoms. The van der Waals surface area contributed by atoms with Crippen LogP contribution in [-0.2, 0) is 0 Å². The molecule has 0 aromatic heterocycles. The molecule has 0 heterocycles. The first-order chi connectivity index (χ1) is 8.86. The summed E-state index contributed by atoms with van der Waals surface area (Å²) in [6, 6.07) is 15.5. The topological polar surface area (TPSA) is 40.5 Å². The minimum atomic E-state index is 0.784. The quantitative estimate of drug-likeness (QED) is 0.589. The van der Waals surface area contributed by atoms with Gasteiger partial charge in [-0.2, -0.15) is 0 Å². The third-order valence-electron chi connectivity index (χ3n) is 3.27. The molecule has 0 saturated carbocycles. The molecule has 0 bridgehead atoms. The smallest absolute Gasteiger partial charge is 0.0876 e. The molecule has 0 aliphatic heterocycles. The first-order valence-electron chi connectivity index (χ1n) is 5.75. The van der Waals surface area contributed by atoms with E-state index in [9.17, 15) is 10.2 Å². The summed E-state index contributed by atoms with van der Waals surface area (Å²) in [5, 5.41) is 24.3. The largest absolute Gasteiger partial charge is 0.515 e. The highest BCUT2D eigenvalue weighted by atomic mass is 16.2. The Morgan fingerprint density at radius 2 is 0.833 bits per heavy atom. The molecular formula is C16H12O2. The van der Waals surface area contributed by atoms with Crippen molar-refractivity contribution in [3.8, 4) is 0 Å². The van der Waals surface area contributed by atoms with E-state index in [0.717, 1.165) is 44.5 Å². The molecule has 3 aromatic carbocycles. The van der Waals surface area contributed by atoms with E-state index >= 15 is 0 Å². The third-order valence-corrected chi connectivity index (χ3v) is 3.27. The van der Waals surface area contributed by atoms with Crippen molar-refractivity contribution in [3.63, 3.8) is 0 Å². The maximum atomic E-state index is 9.50. The Kier molecular flexibility index (Phi) is 2.41. The fraction of sp³-hybridized carbons (Fsp3) is 0. The van der Waals surface area contributed by atoms with Crippen LogP contribution < -0.4 is 10.4 Å². The Hall–Kier alpha value is -2.48. The van der Waals surface area contributed by atoms with Crippen LogP contribution in [0.2, 0.25) is 0 Å². The van der Waals surface area contributed by atoms with Gasteiger partial charge in [0.25, 0.3) is 0 Å². The van der Waals surface area contributed by atoms with Gasteiger partial charge in [0.05, 0.1) is 12.5 Å². The first kappa shape index (κ1) is 10.7. The number of aliphatic hydroxyl groups excluding tert-OH is 2. The standard InChI is InChI=1S/C16H12O2/c17-9-15-11-5-1-2-6-12(11)16(10-18)14-8-4-3-7-13(14)15/h1-10,17-18H. The van der Waals surface area contributed by atoms with Gasteiger partial charge in [-0.3, -0.25) is 0 Å². The Labute approximate surface area is 104 Å². The van der Waals surface area contributed by atoms with Crippen LogP contribution in [0.25, 0.3) is 34.1 Å². The van der Waals surface area contributed by atoms with Crippen LogP contribution in [0.4, 0.5) is 0 Å². The van der Waals surface area contributed by atoms with Crippen LogP contribution in [0.1, 0.15) is 0 Å². The molecule has 0 aliphatic rings. The number of rotatable bonds is 0. The van der Waals surface area contributed by atoms with Gasteiger partial charge in [0.2, 0.25) is 0 Å². The second-order valence-corrected chi connectivity index (χ2v) is 4.18. The van der Waals surface area contributed by atoms with E-state index in [0.29, 0.717) is 0 Å². The summed E-state index contributed by atoms with van der Waals surface area (Å²) in [5.41, 5.74) is 0. The first-order valence-corrected chi connectivity index (χ1v) is 5.75. The van der Waals surface area contributed by atoms with Gasteiger partial charge in [-0.1, -0.05) is 48.5 Å². The van der Waals surface area contributed by atoms with Crippen molar-refractivity contribution >= 4 is 34.1 Å².